The van der Waals surface area contributed by atoms with Crippen molar-refractivity contribution in [2.24, 2.45) is 0 Å². The third-order valence-electron chi connectivity index (χ3n) is 3.03. The molecule has 6 heteroatoms. The van der Waals surface area contributed by atoms with Gasteiger partial charge >= 0.3 is 6.09 Å². The third-order valence-corrected chi connectivity index (χ3v) is 3.03. The Labute approximate surface area is 111 Å². The number of amides is 2. The summed E-state index contributed by atoms with van der Waals surface area (Å²) in [5.41, 5.74) is 0.901. The first-order valence-corrected chi connectivity index (χ1v) is 6.04. The van der Waals surface area contributed by atoms with Gasteiger partial charge in [-0.05, 0) is 5.56 Å². The molecule has 2 rings (SSSR count). The van der Waals surface area contributed by atoms with Crippen LogP contribution >= 0.6 is 0 Å². The molecule has 0 aliphatic carbocycles. The summed E-state index contributed by atoms with van der Waals surface area (Å²) in [6, 6.07) is 8.92. The van der Waals surface area contributed by atoms with E-state index in [4.69, 9.17) is 4.74 Å². The smallest absolute Gasteiger partial charge is 0.410 e. The van der Waals surface area contributed by atoms with E-state index in [0.717, 1.165) is 5.56 Å². The number of carbonyl (C=O) groups excluding carboxylic acids is 2. The van der Waals surface area contributed by atoms with Gasteiger partial charge < -0.3 is 20.1 Å². The molecule has 0 spiro atoms. The molecule has 1 saturated heterocycles. The topological polar surface area (TPSA) is 78.9 Å². The normalized spacial score (nSPS) is 22.1. The maximum absolute atomic E-state index is 11.8. The molecule has 1 aliphatic rings. The Balaban J connectivity index is 1.83. The van der Waals surface area contributed by atoms with Crippen molar-refractivity contribution >= 4 is 12.5 Å². The SMILES string of the molecule is O=CNC1CN(C(=O)OCc2ccccc2)CC1O. The van der Waals surface area contributed by atoms with Gasteiger partial charge in [0.05, 0.1) is 18.7 Å². The number of hydrogen-bond donors (Lipinski definition) is 2. The van der Waals surface area contributed by atoms with Gasteiger partial charge in [-0.15, -0.1) is 0 Å². The lowest BCUT2D eigenvalue weighted by molar-refractivity contribution is -0.110. The highest BCUT2D eigenvalue weighted by molar-refractivity contribution is 5.68. The van der Waals surface area contributed by atoms with Crippen molar-refractivity contribution in [3.63, 3.8) is 0 Å². The highest BCUT2D eigenvalue weighted by Gasteiger charge is 2.34. The Morgan fingerprint density at radius 2 is 2.16 bits per heavy atom. The average molecular weight is 264 g/mol. The van der Waals surface area contributed by atoms with Gasteiger partial charge in [-0.25, -0.2) is 4.79 Å². The van der Waals surface area contributed by atoms with Crippen LogP contribution in [0, 0.1) is 0 Å². The second kappa shape index (κ2) is 6.19. The van der Waals surface area contributed by atoms with Gasteiger partial charge in [0.2, 0.25) is 6.41 Å². The van der Waals surface area contributed by atoms with E-state index in [1.165, 1.54) is 4.90 Å². The van der Waals surface area contributed by atoms with E-state index in [1.54, 1.807) is 0 Å². The number of carbonyl (C=O) groups is 2. The molecule has 1 aromatic rings. The largest absolute Gasteiger partial charge is 0.445 e. The molecule has 1 heterocycles. The van der Waals surface area contributed by atoms with E-state index >= 15 is 0 Å². The van der Waals surface area contributed by atoms with Crippen LogP contribution in [0.25, 0.3) is 0 Å². The Bertz CT molecular complexity index is 438. The first-order valence-electron chi connectivity index (χ1n) is 6.04. The van der Waals surface area contributed by atoms with Crippen LogP contribution in [-0.4, -0.2) is 47.7 Å². The van der Waals surface area contributed by atoms with Crippen LogP contribution < -0.4 is 5.32 Å². The lowest BCUT2D eigenvalue weighted by Crippen LogP contribution is -2.38. The minimum absolute atomic E-state index is 0.166. The van der Waals surface area contributed by atoms with Crippen LogP contribution in [0.3, 0.4) is 0 Å². The van der Waals surface area contributed by atoms with Crippen molar-refractivity contribution in [2.45, 2.75) is 18.8 Å². The molecule has 2 atom stereocenters. The van der Waals surface area contributed by atoms with Crippen molar-refractivity contribution in [1.29, 1.82) is 0 Å². The molecule has 0 aromatic heterocycles. The molecule has 1 fully saturated rings. The maximum Gasteiger partial charge on any atom is 0.410 e. The van der Waals surface area contributed by atoms with E-state index in [-0.39, 0.29) is 19.7 Å². The number of rotatable bonds is 4. The molecular formula is C13H16N2O4. The third kappa shape index (κ3) is 3.45. The van der Waals surface area contributed by atoms with Crippen LogP contribution in [0.2, 0.25) is 0 Å². The van der Waals surface area contributed by atoms with Gasteiger partial charge in [-0.2, -0.15) is 0 Å². The molecule has 1 aliphatic heterocycles. The standard InChI is InChI=1S/C13H16N2O4/c16-9-14-11-6-15(7-12(11)17)13(18)19-8-10-4-2-1-3-5-10/h1-5,9,11-12,17H,6-8H2,(H,14,16). The van der Waals surface area contributed by atoms with Crippen LogP contribution in [-0.2, 0) is 16.1 Å². The maximum atomic E-state index is 11.8. The fourth-order valence-corrected chi connectivity index (χ4v) is 2.00. The quantitative estimate of drug-likeness (QED) is 0.757. The van der Waals surface area contributed by atoms with Gasteiger partial charge in [-0.1, -0.05) is 30.3 Å². The van der Waals surface area contributed by atoms with E-state index in [9.17, 15) is 14.7 Å². The number of likely N-dealkylation sites (tertiary alicyclic amines) is 1. The number of nitrogens with zero attached hydrogens (tertiary/aromatic N) is 1. The molecule has 102 valence electrons. The fraction of sp³-hybridized carbons (Fsp3) is 0.385. The summed E-state index contributed by atoms with van der Waals surface area (Å²) < 4.78 is 5.15. The fourth-order valence-electron chi connectivity index (χ4n) is 2.00. The van der Waals surface area contributed by atoms with Gasteiger partial charge in [0.15, 0.2) is 0 Å². The predicted octanol–water partition coefficient (Wildman–Crippen LogP) is 0.114. The second-order valence-electron chi connectivity index (χ2n) is 4.40. The van der Waals surface area contributed by atoms with Crippen LogP contribution in [0.1, 0.15) is 5.56 Å². The summed E-state index contributed by atoms with van der Waals surface area (Å²) in [5, 5.41) is 12.1. The summed E-state index contributed by atoms with van der Waals surface area (Å²) in [5.74, 6) is 0. The van der Waals surface area contributed by atoms with E-state index in [0.29, 0.717) is 6.41 Å². The summed E-state index contributed by atoms with van der Waals surface area (Å²) in [7, 11) is 0. The molecule has 6 nitrogen and oxygen atoms in total. The average Bonchev–Trinajstić information content (AvgIpc) is 2.79. The summed E-state index contributed by atoms with van der Waals surface area (Å²) in [4.78, 5) is 23.5. The highest BCUT2D eigenvalue weighted by Crippen LogP contribution is 2.12. The second-order valence-corrected chi connectivity index (χ2v) is 4.40. The molecule has 1 aromatic carbocycles. The molecule has 2 amide bonds. The van der Waals surface area contributed by atoms with Crippen molar-refractivity contribution in [3.05, 3.63) is 35.9 Å². The molecule has 2 unspecified atom stereocenters. The zero-order valence-electron chi connectivity index (χ0n) is 10.4. The van der Waals surface area contributed by atoms with Gasteiger partial charge in [0.25, 0.3) is 0 Å². The van der Waals surface area contributed by atoms with E-state index in [1.807, 2.05) is 30.3 Å². The Morgan fingerprint density at radius 3 is 2.84 bits per heavy atom. The zero-order chi connectivity index (χ0) is 13.7. The first-order chi connectivity index (χ1) is 9.20. The van der Waals surface area contributed by atoms with Gasteiger partial charge in [-0.3, -0.25) is 4.79 Å². The minimum Gasteiger partial charge on any atom is -0.445 e. The lowest BCUT2D eigenvalue weighted by atomic mass is 10.2. The van der Waals surface area contributed by atoms with E-state index in [2.05, 4.69) is 5.32 Å². The van der Waals surface area contributed by atoms with E-state index < -0.39 is 18.2 Å². The van der Waals surface area contributed by atoms with Crippen LogP contribution in [0.5, 0.6) is 0 Å². The van der Waals surface area contributed by atoms with Gasteiger partial charge in [0.1, 0.15) is 6.61 Å². The van der Waals surface area contributed by atoms with Crippen molar-refractivity contribution < 1.29 is 19.4 Å². The number of ether oxygens (including phenoxy) is 1. The summed E-state index contributed by atoms with van der Waals surface area (Å²) in [6.45, 7) is 0.616. The monoisotopic (exact) mass is 264 g/mol. The Kier molecular flexibility index (Phi) is 4.35. The number of β-amino-alcohol motifs (C(OH)–C–C–N with tert-alkyl or cyclic N) is 1. The number of nitrogens with one attached hydrogen (secondary N) is 1. The number of aliphatic hydroxyl groups excluding tert-OH is 1. The molecular weight excluding hydrogens is 248 g/mol. The van der Waals surface area contributed by atoms with Crippen LogP contribution in [0.4, 0.5) is 4.79 Å². The number of hydrogen-bond acceptors (Lipinski definition) is 4. The zero-order valence-corrected chi connectivity index (χ0v) is 10.4. The number of benzene rings is 1. The highest BCUT2D eigenvalue weighted by atomic mass is 16.6. The van der Waals surface area contributed by atoms with Crippen molar-refractivity contribution in [1.82, 2.24) is 10.2 Å². The Morgan fingerprint density at radius 1 is 1.42 bits per heavy atom. The van der Waals surface area contributed by atoms with Crippen LogP contribution in [0.15, 0.2) is 30.3 Å². The van der Waals surface area contributed by atoms with Crippen molar-refractivity contribution in [3.8, 4) is 0 Å². The first kappa shape index (κ1) is 13.4. The Hall–Kier alpha value is -2.08. The molecule has 2 N–H and O–H groups in total. The summed E-state index contributed by atoms with van der Waals surface area (Å²) in [6.07, 6.45) is -0.722. The molecule has 19 heavy (non-hydrogen) atoms. The molecule has 0 radical (unpaired) electrons. The molecule has 0 saturated carbocycles. The molecule has 0 bridgehead atoms. The summed E-state index contributed by atoms with van der Waals surface area (Å²) >= 11 is 0. The lowest BCUT2D eigenvalue weighted by Gasteiger charge is -2.15. The van der Waals surface area contributed by atoms with Gasteiger partial charge in [0, 0.05) is 6.54 Å². The minimum atomic E-state index is -0.755. The predicted molar refractivity (Wildman–Crippen MR) is 67.2 cm³/mol. The number of aliphatic hydroxyl groups is 1. The van der Waals surface area contributed by atoms with Crippen molar-refractivity contribution in [2.75, 3.05) is 13.1 Å².